The second-order valence-corrected chi connectivity index (χ2v) is 5.59. The number of ether oxygens (including phenoxy) is 2. The number of hydrogen-bond donors (Lipinski definition) is 1. The van der Waals surface area contributed by atoms with Gasteiger partial charge in [-0.15, -0.1) is 0 Å². The third kappa shape index (κ3) is 4.22. The van der Waals surface area contributed by atoms with Gasteiger partial charge in [-0.05, 0) is 42.8 Å². The van der Waals surface area contributed by atoms with Gasteiger partial charge < -0.3 is 19.2 Å². The Morgan fingerprint density at radius 3 is 2.92 bits per heavy atom. The Bertz CT molecular complexity index is 898. The van der Waals surface area contributed by atoms with E-state index in [9.17, 15) is 4.79 Å². The maximum absolute atomic E-state index is 12.0. The first-order valence-corrected chi connectivity index (χ1v) is 8.39. The average molecular weight is 351 g/mol. The molecule has 1 amide bonds. The number of imidazole rings is 1. The van der Waals surface area contributed by atoms with Gasteiger partial charge in [0.2, 0.25) is 5.91 Å². The van der Waals surface area contributed by atoms with Crippen LogP contribution in [-0.4, -0.2) is 29.0 Å². The molecule has 0 radical (unpaired) electrons. The number of aromatic nitrogens is 2. The largest absolute Gasteiger partial charge is 0.493 e. The van der Waals surface area contributed by atoms with Crippen molar-refractivity contribution in [1.82, 2.24) is 14.7 Å². The van der Waals surface area contributed by atoms with E-state index in [1.165, 1.54) is 6.08 Å². The van der Waals surface area contributed by atoms with E-state index in [1.54, 1.807) is 13.2 Å². The minimum atomic E-state index is -0.185. The number of pyridine rings is 1. The van der Waals surface area contributed by atoms with Crippen LogP contribution in [0.15, 0.2) is 54.9 Å². The normalized spacial score (nSPS) is 11.0. The summed E-state index contributed by atoms with van der Waals surface area (Å²) in [6, 6.07) is 11.3. The van der Waals surface area contributed by atoms with Gasteiger partial charge in [0.15, 0.2) is 11.5 Å². The number of amides is 1. The van der Waals surface area contributed by atoms with Crippen LogP contribution in [0.4, 0.5) is 0 Å². The van der Waals surface area contributed by atoms with E-state index in [0.717, 1.165) is 16.9 Å². The minimum absolute atomic E-state index is 0.185. The Kier molecular flexibility index (Phi) is 5.53. The number of carbonyl (C=O) groups is 1. The third-order valence-electron chi connectivity index (χ3n) is 3.77. The molecule has 0 fully saturated rings. The van der Waals surface area contributed by atoms with Crippen LogP contribution in [-0.2, 0) is 11.3 Å². The van der Waals surface area contributed by atoms with E-state index in [1.807, 2.05) is 60.1 Å². The summed E-state index contributed by atoms with van der Waals surface area (Å²) >= 11 is 0. The highest BCUT2D eigenvalue weighted by atomic mass is 16.5. The second kappa shape index (κ2) is 8.20. The molecule has 6 nitrogen and oxygen atoms in total. The fourth-order valence-electron chi connectivity index (χ4n) is 2.54. The van der Waals surface area contributed by atoms with Crippen molar-refractivity contribution in [3.8, 4) is 11.5 Å². The summed E-state index contributed by atoms with van der Waals surface area (Å²) in [6.07, 6.45) is 7.05. The van der Waals surface area contributed by atoms with E-state index < -0.39 is 0 Å². The van der Waals surface area contributed by atoms with Crippen molar-refractivity contribution in [3.63, 3.8) is 0 Å². The zero-order valence-corrected chi connectivity index (χ0v) is 14.8. The molecule has 0 unspecified atom stereocenters. The predicted octanol–water partition coefficient (Wildman–Crippen LogP) is 3.07. The molecule has 0 aliphatic heterocycles. The SMILES string of the molecule is CCOc1ccc(/C=C/C(=O)NCc2cn3ccccc3n2)cc1OC. The lowest BCUT2D eigenvalue weighted by atomic mass is 10.2. The van der Waals surface area contributed by atoms with Gasteiger partial charge in [0.1, 0.15) is 5.65 Å². The molecule has 134 valence electrons. The Balaban J connectivity index is 1.60. The summed E-state index contributed by atoms with van der Waals surface area (Å²) in [4.78, 5) is 16.5. The van der Waals surface area contributed by atoms with Crippen molar-refractivity contribution >= 4 is 17.6 Å². The summed E-state index contributed by atoms with van der Waals surface area (Å²) in [7, 11) is 1.59. The Morgan fingerprint density at radius 1 is 1.27 bits per heavy atom. The van der Waals surface area contributed by atoms with Crippen molar-refractivity contribution < 1.29 is 14.3 Å². The van der Waals surface area contributed by atoms with Crippen molar-refractivity contribution in [2.75, 3.05) is 13.7 Å². The van der Waals surface area contributed by atoms with Crippen LogP contribution < -0.4 is 14.8 Å². The molecule has 3 aromatic rings. The molecule has 0 bridgehead atoms. The molecule has 0 aliphatic rings. The summed E-state index contributed by atoms with van der Waals surface area (Å²) in [6.45, 7) is 2.86. The van der Waals surface area contributed by atoms with Crippen LogP contribution in [0.25, 0.3) is 11.7 Å². The lowest BCUT2D eigenvalue weighted by Gasteiger charge is -2.09. The molecule has 0 aliphatic carbocycles. The predicted molar refractivity (Wildman–Crippen MR) is 100 cm³/mol. The zero-order chi connectivity index (χ0) is 18.4. The number of nitrogens with one attached hydrogen (secondary N) is 1. The molecular formula is C20H21N3O3. The van der Waals surface area contributed by atoms with E-state index in [2.05, 4.69) is 10.3 Å². The molecule has 6 heteroatoms. The van der Waals surface area contributed by atoms with Crippen molar-refractivity contribution in [1.29, 1.82) is 0 Å². The summed E-state index contributed by atoms with van der Waals surface area (Å²) in [5.41, 5.74) is 2.52. The molecule has 0 spiro atoms. The molecule has 3 rings (SSSR count). The minimum Gasteiger partial charge on any atom is -0.493 e. The maximum Gasteiger partial charge on any atom is 0.244 e. The van der Waals surface area contributed by atoms with Gasteiger partial charge >= 0.3 is 0 Å². The zero-order valence-electron chi connectivity index (χ0n) is 14.8. The quantitative estimate of drug-likeness (QED) is 0.665. The molecule has 2 aromatic heterocycles. The molecule has 1 aromatic carbocycles. The van der Waals surface area contributed by atoms with Gasteiger partial charge in [-0.25, -0.2) is 4.98 Å². The Morgan fingerprint density at radius 2 is 2.15 bits per heavy atom. The second-order valence-electron chi connectivity index (χ2n) is 5.59. The highest BCUT2D eigenvalue weighted by molar-refractivity contribution is 5.91. The number of benzene rings is 1. The molecule has 0 atom stereocenters. The summed E-state index contributed by atoms with van der Waals surface area (Å²) in [5, 5.41) is 2.83. The van der Waals surface area contributed by atoms with Crippen molar-refractivity contribution in [3.05, 3.63) is 66.1 Å². The monoisotopic (exact) mass is 351 g/mol. The molecule has 1 N–H and O–H groups in total. The van der Waals surface area contributed by atoms with Crippen LogP contribution >= 0.6 is 0 Å². The molecule has 0 saturated carbocycles. The Hall–Kier alpha value is -3.28. The van der Waals surface area contributed by atoms with Crippen LogP contribution in [0.1, 0.15) is 18.2 Å². The number of fused-ring (bicyclic) bond motifs is 1. The van der Waals surface area contributed by atoms with E-state index in [-0.39, 0.29) is 5.91 Å². The molecule has 26 heavy (non-hydrogen) atoms. The van der Waals surface area contributed by atoms with Gasteiger partial charge in [0.25, 0.3) is 0 Å². The van der Waals surface area contributed by atoms with Gasteiger partial charge in [-0.1, -0.05) is 12.1 Å². The van der Waals surface area contributed by atoms with E-state index >= 15 is 0 Å². The topological polar surface area (TPSA) is 64.9 Å². The third-order valence-corrected chi connectivity index (χ3v) is 3.77. The fourth-order valence-corrected chi connectivity index (χ4v) is 2.54. The molecule has 2 heterocycles. The van der Waals surface area contributed by atoms with Crippen molar-refractivity contribution in [2.45, 2.75) is 13.5 Å². The molecular weight excluding hydrogens is 330 g/mol. The number of nitrogens with zero attached hydrogens (tertiary/aromatic N) is 2. The fraction of sp³-hybridized carbons (Fsp3) is 0.200. The number of methoxy groups -OCH3 is 1. The van der Waals surface area contributed by atoms with Gasteiger partial charge in [-0.3, -0.25) is 4.79 Å². The van der Waals surface area contributed by atoms with Gasteiger partial charge in [0.05, 0.1) is 26.0 Å². The van der Waals surface area contributed by atoms with Crippen molar-refractivity contribution in [2.24, 2.45) is 0 Å². The first-order valence-electron chi connectivity index (χ1n) is 8.39. The van der Waals surface area contributed by atoms with Gasteiger partial charge in [0, 0.05) is 18.5 Å². The lowest BCUT2D eigenvalue weighted by molar-refractivity contribution is -0.116. The maximum atomic E-state index is 12.0. The lowest BCUT2D eigenvalue weighted by Crippen LogP contribution is -2.20. The first-order chi connectivity index (χ1) is 12.7. The highest BCUT2D eigenvalue weighted by Crippen LogP contribution is 2.28. The van der Waals surface area contributed by atoms with Crippen LogP contribution in [0.3, 0.4) is 0 Å². The van der Waals surface area contributed by atoms with Crippen LogP contribution in [0.2, 0.25) is 0 Å². The van der Waals surface area contributed by atoms with Crippen LogP contribution in [0, 0.1) is 0 Å². The van der Waals surface area contributed by atoms with E-state index in [0.29, 0.717) is 24.7 Å². The van der Waals surface area contributed by atoms with E-state index in [4.69, 9.17) is 9.47 Å². The van der Waals surface area contributed by atoms with Crippen LogP contribution in [0.5, 0.6) is 11.5 Å². The standard InChI is InChI=1S/C20H21N3O3/c1-3-26-17-9-7-15(12-18(17)25-2)8-10-20(24)21-13-16-14-23-11-5-4-6-19(23)22-16/h4-12,14H,3,13H2,1-2H3,(H,21,24)/b10-8+. The molecule has 0 saturated heterocycles. The average Bonchev–Trinajstić information content (AvgIpc) is 3.08. The summed E-state index contributed by atoms with van der Waals surface area (Å²) < 4.78 is 12.7. The Labute approximate surface area is 152 Å². The van der Waals surface area contributed by atoms with Gasteiger partial charge in [-0.2, -0.15) is 0 Å². The first kappa shape index (κ1) is 17.5. The number of hydrogen-bond acceptors (Lipinski definition) is 4. The smallest absolute Gasteiger partial charge is 0.244 e. The highest BCUT2D eigenvalue weighted by Gasteiger charge is 2.05. The number of rotatable bonds is 7. The number of carbonyl (C=O) groups excluding carboxylic acids is 1. The summed E-state index contributed by atoms with van der Waals surface area (Å²) in [5.74, 6) is 1.14.